The van der Waals surface area contributed by atoms with Crippen molar-refractivity contribution in [1.82, 2.24) is 4.98 Å². The third-order valence-electron chi connectivity index (χ3n) is 3.28. The minimum absolute atomic E-state index is 0. The second kappa shape index (κ2) is 7.07. The normalized spacial score (nSPS) is 23.2. The highest BCUT2D eigenvalue weighted by Crippen LogP contribution is 2.26. The van der Waals surface area contributed by atoms with Gasteiger partial charge in [0.15, 0.2) is 5.13 Å². The molecule has 1 saturated carbocycles. The van der Waals surface area contributed by atoms with Gasteiger partial charge in [-0.05, 0) is 25.7 Å². The van der Waals surface area contributed by atoms with E-state index in [-0.39, 0.29) is 24.4 Å². The number of hydrogen-bond donors (Lipinski definition) is 2. The third kappa shape index (κ3) is 4.23. The molecule has 0 aromatic carbocycles. The summed E-state index contributed by atoms with van der Waals surface area (Å²) < 4.78 is 0. The van der Waals surface area contributed by atoms with Crippen molar-refractivity contribution in [3.8, 4) is 0 Å². The van der Waals surface area contributed by atoms with Crippen molar-refractivity contribution < 1.29 is 4.79 Å². The number of nitrogens with zero attached hydrogens (tertiary/aromatic N) is 1. The van der Waals surface area contributed by atoms with Crippen LogP contribution in [-0.2, 0) is 4.79 Å². The fourth-order valence-corrected chi connectivity index (χ4v) is 2.99. The first-order valence-electron chi connectivity index (χ1n) is 6.13. The van der Waals surface area contributed by atoms with Crippen LogP contribution >= 0.6 is 23.7 Å². The van der Waals surface area contributed by atoms with Crippen molar-refractivity contribution in [1.29, 1.82) is 0 Å². The molecular weight excluding hydrogens is 270 g/mol. The molecule has 1 aromatic rings. The number of hydrogen-bond acceptors (Lipinski definition) is 4. The van der Waals surface area contributed by atoms with Crippen LogP contribution < -0.4 is 11.1 Å². The summed E-state index contributed by atoms with van der Waals surface area (Å²) in [5.41, 5.74) is 6.03. The van der Waals surface area contributed by atoms with Gasteiger partial charge in [0, 0.05) is 23.5 Å². The Bertz CT molecular complexity index is 396. The Morgan fingerprint density at radius 3 is 2.89 bits per heavy atom. The number of rotatable bonds is 3. The zero-order chi connectivity index (χ0) is 12.3. The number of carbonyl (C=O) groups is 1. The van der Waals surface area contributed by atoms with E-state index in [4.69, 9.17) is 5.73 Å². The van der Waals surface area contributed by atoms with Crippen LogP contribution in [0.15, 0.2) is 6.20 Å². The number of nitrogens with one attached hydrogen (secondary N) is 1. The van der Waals surface area contributed by atoms with Crippen molar-refractivity contribution in [2.24, 2.45) is 11.7 Å². The molecule has 1 aliphatic rings. The summed E-state index contributed by atoms with van der Waals surface area (Å²) in [6.07, 6.45) is 6.82. The van der Waals surface area contributed by atoms with Crippen LogP contribution in [0.25, 0.3) is 0 Å². The maximum Gasteiger partial charge on any atom is 0.226 e. The second-order valence-corrected chi connectivity index (χ2v) is 5.97. The molecule has 0 aliphatic heterocycles. The van der Waals surface area contributed by atoms with Gasteiger partial charge in [0.1, 0.15) is 0 Å². The number of amides is 1. The maximum absolute atomic E-state index is 11.8. The quantitative estimate of drug-likeness (QED) is 0.899. The number of carbonyl (C=O) groups excluding carboxylic acids is 1. The average Bonchev–Trinajstić information content (AvgIpc) is 2.67. The second-order valence-electron chi connectivity index (χ2n) is 4.74. The van der Waals surface area contributed by atoms with E-state index in [2.05, 4.69) is 10.3 Å². The summed E-state index contributed by atoms with van der Waals surface area (Å²) in [6, 6.07) is 0.188. The van der Waals surface area contributed by atoms with Gasteiger partial charge in [-0.3, -0.25) is 4.79 Å². The van der Waals surface area contributed by atoms with Gasteiger partial charge in [-0.1, -0.05) is 12.8 Å². The predicted molar refractivity (Wildman–Crippen MR) is 77.3 cm³/mol. The van der Waals surface area contributed by atoms with Gasteiger partial charge in [0.2, 0.25) is 5.91 Å². The Kier molecular flexibility index (Phi) is 6.05. The van der Waals surface area contributed by atoms with Crippen LogP contribution in [-0.4, -0.2) is 16.9 Å². The molecule has 18 heavy (non-hydrogen) atoms. The fourth-order valence-electron chi connectivity index (χ4n) is 2.31. The highest BCUT2D eigenvalue weighted by Gasteiger charge is 2.24. The summed E-state index contributed by atoms with van der Waals surface area (Å²) in [7, 11) is 0. The van der Waals surface area contributed by atoms with Crippen molar-refractivity contribution in [3.05, 3.63) is 11.1 Å². The van der Waals surface area contributed by atoms with Gasteiger partial charge in [-0.25, -0.2) is 4.98 Å². The standard InChI is InChI=1S/C12H19N3OS.ClH/c1-8-7-14-12(17-8)15-11(16)6-9-4-2-3-5-10(9)13;/h7,9-10H,2-6,13H2,1H3,(H,14,15,16);1H. The molecule has 1 heterocycles. The van der Waals surface area contributed by atoms with E-state index in [9.17, 15) is 4.79 Å². The number of halogens is 1. The number of aromatic nitrogens is 1. The topological polar surface area (TPSA) is 68.0 Å². The number of nitrogens with two attached hydrogens (primary N) is 1. The van der Waals surface area contributed by atoms with Crippen LogP contribution in [0, 0.1) is 12.8 Å². The lowest BCUT2D eigenvalue weighted by Gasteiger charge is -2.27. The first-order chi connectivity index (χ1) is 8.15. The Hall–Kier alpha value is -0.650. The minimum Gasteiger partial charge on any atom is -0.327 e. The monoisotopic (exact) mass is 289 g/mol. The zero-order valence-corrected chi connectivity index (χ0v) is 12.1. The Balaban J connectivity index is 0.00000162. The van der Waals surface area contributed by atoms with Gasteiger partial charge in [0.25, 0.3) is 0 Å². The molecule has 0 bridgehead atoms. The lowest BCUT2D eigenvalue weighted by molar-refractivity contribution is -0.117. The molecule has 0 radical (unpaired) electrons. The summed E-state index contributed by atoms with van der Waals surface area (Å²) in [5, 5.41) is 3.54. The van der Waals surface area contributed by atoms with Crippen molar-refractivity contribution in [2.45, 2.75) is 45.1 Å². The first kappa shape index (κ1) is 15.4. The molecule has 2 atom stereocenters. The van der Waals surface area contributed by atoms with Crippen molar-refractivity contribution >= 4 is 34.8 Å². The van der Waals surface area contributed by atoms with Crippen molar-refractivity contribution in [3.63, 3.8) is 0 Å². The smallest absolute Gasteiger partial charge is 0.226 e. The van der Waals surface area contributed by atoms with Crippen LogP contribution in [0.1, 0.15) is 37.0 Å². The molecule has 1 fully saturated rings. The van der Waals surface area contributed by atoms with Crippen molar-refractivity contribution in [2.75, 3.05) is 5.32 Å². The van der Waals surface area contributed by atoms with E-state index >= 15 is 0 Å². The van der Waals surface area contributed by atoms with Gasteiger partial charge < -0.3 is 11.1 Å². The molecular formula is C12H20ClN3OS. The van der Waals surface area contributed by atoms with E-state index in [1.54, 1.807) is 6.20 Å². The summed E-state index contributed by atoms with van der Waals surface area (Å²) in [6.45, 7) is 1.98. The highest BCUT2D eigenvalue weighted by molar-refractivity contribution is 7.15. The maximum atomic E-state index is 11.8. The lowest BCUT2D eigenvalue weighted by atomic mass is 9.83. The van der Waals surface area contributed by atoms with Gasteiger partial charge in [-0.2, -0.15) is 0 Å². The van der Waals surface area contributed by atoms with Gasteiger partial charge in [0.05, 0.1) is 0 Å². The molecule has 2 rings (SSSR count). The molecule has 2 unspecified atom stereocenters. The molecule has 4 nitrogen and oxygen atoms in total. The molecule has 3 N–H and O–H groups in total. The molecule has 6 heteroatoms. The summed E-state index contributed by atoms with van der Waals surface area (Å²) >= 11 is 1.50. The molecule has 1 amide bonds. The lowest BCUT2D eigenvalue weighted by Crippen LogP contribution is -2.35. The van der Waals surface area contributed by atoms with Gasteiger partial charge >= 0.3 is 0 Å². The highest BCUT2D eigenvalue weighted by atomic mass is 35.5. The number of aryl methyl sites for hydroxylation is 1. The zero-order valence-electron chi connectivity index (χ0n) is 10.5. The van der Waals surface area contributed by atoms with E-state index in [1.165, 1.54) is 24.2 Å². The number of anilines is 1. The fraction of sp³-hybridized carbons (Fsp3) is 0.667. The summed E-state index contributed by atoms with van der Waals surface area (Å²) in [5.74, 6) is 0.381. The largest absolute Gasteiger partial charge is 0.327 e. The van der Waals surface area contributed by atoms with Crippen LogP contribution in [0.2, 0.25) is 0 Å². The van der Waals surface area contributed by atoms with E-state index in [0.717, 1.165) is 17.7 Å². The first-order valence-corrected chi connectivity index (χ1v) is 6.94. The Morgan fingerprint density at radius 2 is 2.28 bits per heavy atom. The van der Waals surface area contributed by atoms with E-state index in [1.807, 2.05) is 6.92 Å². The molecule has 102 valence electrons. The molecule has 0 saturated heterocycles. The number of thiazole rings is 1. The van der Waals surface area contributed by atoms with E-state index in [0.29, 0.717) is 17.5 Å². The average molecular weight is 290 g/mol. The Morgan fingerprint density at radius 1 is 1.56 bits per heavy atom. The third-order valence-corrected chi connectivity index (χ3v) is 4.11. The Labute approximate surface area is 118 Å². The molecule has 0 spiro atoms. The van der Waals surface area contributed by atoms with Crippen LogP contribution in [0.3, 0.4) is 0 Å². The summed E-state index contributed by atoms with van der Waals surface area (Å²) in [4.78, 5) is 17.1. The van der Waals surface area contributed by atoms with Gasteiger partial charge in [-0.15, -0.1) is 23.7 Å². The molecule has 1 aliphatic carbocycles. The predicted octanol–water partition coefficient (Wildman–Crippen LogP) is 2.72. The minimum atomic E-state index is 0. The van der Waals surface area contributed by atoms with E-state index < -0.39 is 0 Å². The SMILES string of the molecule is Cc1cnc(NC(=O)CC2CCCCC2N)s1.Cl. The van der Waals surface area contributed by atoms with Crippen LogP contribution in [0.5, 0.6) is 0 Å². The van der Waals surface area contributed by atoms with Crippen LogP contribution in [0.4, 0.5) is 5.13 Å². The molecule has 1 aromatic heterocycles.